The monoisotopic (exact) mass is 283 g/mol. The molecule has 19 heavy (non-hydrogen) atoms. The van der Waals surface area contributed by atoms with Crippen molar-refractivity contribution in [3.63, 3.8) is 0 Å². The molecule has 5 nitrogen and oxygen atoms in total. The number of hydrogen-bond acceptors (Lipinski definition) is 4. The van der Waals surface area contributed by atoms with Crippen molar-refractivity contribution < 1.29 is 8.42 Å². The molecule has 2 rings (SSSR count). The summed E-state index contributed by atoms with van der Waals surface area (Å²) < 4.78 is 25.9. The van der Waals surface area contributed by atoms with Crippen LogP contribution in [0.5, 0.6) is 0 Å². The molecule has 0 amide bonds. The fourth-order valence-electron chi connectivity index (χ4n) is 2.38. The minimum absolute atomic E-state index is 0.373. The molecule has 1 aliphatic heterocycles. The van der Waals surface area contributed by atoms with Crippen LogP contribution in [-0.4, -0.2) is 46.5 Å². The summed E-state index contributed by atoms with van der Waals surface area (Å²) in [5, 5.41) is 0. The largest absolute Gasteiger partial charge is 0.370 e. The maximum absolute atomic E-state index is 12.3. The smallest absolute Gasteiger partial charge is 0.244 e. The predicted molar refractivity (Wildman–Crippen MR) is 76.7 cm³/mol. The van der Waals surface area contributed by atoms with Crippen LogP contribution in [-0.2, 0) is 10.0 Å². The first-order chi connectivity index (χ1) is 8.96. The molecule has 0 radical (unpaired) electrons. The van der Waals surface area contributed by atoms with Crippen LogP contribution in [0.1, 0.15) is 6.42 Å². The van der Waals surface area contributed by atoms with E-state index in [1.54, 1.807) is 26.2 Å². The van der Waals surface area contributed by atoms with Crippen LogP contribution in [0, 0.1) is 5.92 Å². The number of hydrogen-bond donors (Lipinski definition) is 1. The Morgan fingerprint density at radius 2 is 2.05 bits per heavy atom. The van der Waals surface area contributed by atoms with Crippen LogP contribution < -0.4 is 10.6 Å². The molecule has 0 aromatic heterocycles. The molecule has 0 aliphatic carbocycles. The van der Waals surface area contributed by atoms with Crippen LogP contribution in [0.25, 0.3) is 0 Å². The minimum atomic E-state index is -3.41. The fraction of sp³-hybridized carbons (Fsp3) is 0.538. The second-order valence-electron chi connectivity index (χ2n) is 5.09. The fourth-order valence-corrected chi connectivity index (χ4v) is 3.48. The van der Waals surface area contributed by atoms with Gasteiger partial charge in [0.2, 0.25) is 10.0 Å². The van der Waals surface area contributed by atoms with Gasteiger partial charge in [0.05, 0.1) is 5.69 Å². The highest BCUT2D eigenvalue weighted by molar-refractivity contribution is 7.89. The average molecular weight is 283 g/mol. The van der Waals surface area contributed by atoms with Crippen molar-refractivity contribution in [2.45, 2.75) is 11.3 Å². The topological polar surface area (TPSA) is 66.6 Å². The number of para-hydroxylation sites is 1. The van der Waals surface area contributed by atoms with Crippen molar-refractivity contribution in [1.82, 2.24) is 4.31 Å². The molecule has 0 bridgehead atoms. The van der Waals surface area contributed by atoms with Gasteiger partial charge in [-0.15, -0.1) is 0 Å². The lowest BCUT2D eigenvalue weighted by Crippen LogP contribution is -2.27. The summed E-state index contributed by atoms with van der Waals surface area (Å²) in [6.07, 6.45) is 1.02. The van der Waals surface area contributed by atoms with E-state index in [1.165, 1.54) is 4.31 Å². The van der Waals surface area contributed by atoms with E-state index in [1.807, 2.05) is 12.1 Å². The Morgan fingerprint density at radius 1 is 1.37 bits per heavy atom. The predicted octanol–water partition coefficient (Wildman–Crippen LogP) is 0.722. The van der Waals surface area contributed by atoms with Gasteiger partial charge in [-0.1, -0.05) is 12.1 Å². The van der Waals surface area contributed by atoms with E-state index in [9.17, 15) is 8.42 Å². The van der Waals surface area contributed by atoms with E-state index >= 15 is 0 Å². The molecule has 0 saturated carbocycles. The Morgan fingerprint density at radius 3 is 2.63 bits per heavy atom. The van der Waals surface area contributed by atoms with Crippen LogP contribution in [0.2, 0.25) is 0 Å². The Hall–Kier alpha value is -1.11. The molecule has 1 atom stereocenters. The first kappa shape index (κ1) is 14.3. The molecule has 1 heterocycles. The molecule has 0 spiro atoms. The van der Waals surface area contributed by atoms with Gasteiger partial charge >= 0.3 is 0 Å². The van der Waals surface area contributed by atoms with E-state index < -0.39 is 10.0 Å². The number of rotatable bonds is 4. The number of sulfonamides is 1. The normalized spacial score (nSPS) is 20.2. The minimum Gasteiger partial charge on any atom is -0.370 e. The zero-order valence-corrected chi connectivity index (χ0v) is 12.2. The second kappa shape index (κ2) is 5.48. The van der Waals surface area contributed by atoms with Gasteiger partial charge in [0.15, 0.2) is 0 Å². The quantitative estimate of drug-likeness (QED) is 0.884. The Kier molecular flexibility index (Phi) is 4.13. The molecule has 1 saturated heterocycles. The third-order valence-corrected chi connectivity index (χ3v) is 5.45. The van der Waals surface area contributed by atoms with Crippen LogP contribution in [0.3, 0.4) is 0 Å². The van der Waals surface area contributed by atoms with Gasteiger partial charge in [0.25, 0.3) is 0 Å². The zero-order chi connectivity index (χ0) is 14.0. The summed E-state index contributed by atoms with van der Waals surface area (Å²) >= 11 is 0. The van der Waals surface area contributed by atoms with Crippen LogP contribution in [0.15, 0.2) is 29.2 Å². The van der Waals surface area contributed by atoms with Gasteiger partial charge < -0.3 is 10.6 Å². The maximum Gasteiger partial charge on any atom is 0.244 e. The van der Waals surface area contributed by atoms with E-state index in [0.717, 1.165) is 25.2 Å². The van der Waals surface area contributed by atoms with Gasteiger partial charge in [-0.2, -0.15) is 0 Å². The third-order valence-electron chi connectivity index (χ3n) is 3.58. The second-order valence-corrected chi connectivity index (χ2v) is 7.21. The van der Waals surface area contributed by atoms with Crippen LogP contribution >= 0.6 is 0 Å². The van der Waals surface area contributed by atoms with E-state index in [-0.39, 0.29) is 0 Å². The van der Waals surface area contributed by atoms with Crippen molar-refractivity contribution in [3.8, 4) is 0 Å². The summed E-state index contributed by atoms with van der Waals surface area (Å²) in [7, 11) is -0.300. The van der Waals surface area contributed by atoms with Gasteiger partial charge in [0.1, 0.15) is 4.90 Å². The van der Waals surface area contributed by atoms with Gasteiger partial charge in [-0.25, -0.2) is 12.7 Å². The summed E-state index contributed by atoms with van der Waals surface area (Å²) in [5.41, 5.74) is 6.48. The molecule has 1 aromatic carbocycles. The van der Waals surface area contributed by atoms with Gasteiger partial charge in [-0.3, -0.25) is 0 Å². The molecular weight excluding hydrogens is 262 g/mol. The van der Waals surface area contributed by atoms with Crippen molar-refractivity contribution in [2.75, 3.05) is 38.6 Å². The third kappa shape index (κ3) is 2.75. The Balaban J connectivity index is 2.38. The van der Waals surface area contributed by atoms with E-state index in [0.29, 0.717) is 17.4 Å². The zero-order valence-electron chi connectivity index (χ0n) is 11.4. The Labute approximate surface area is 115 Å². The highest BCUT2D eigenvalue weighted by Crippen LogP contribution is 2.30. The number of anilines is 1. The number of benzene rings is 1. The van der Waals surface area contributed by atoms with Crippen molar-refractivity contribution >= 4 is 15.7 Å². The standard InChI is InChI=1S/C13H21N3O2S/c1-15(2)19(17,18)13-6-4-3-5-12(13)16-8-7-11(9-14)10-16/h3-6,11H,7-10,14H2,1-2H3. The lowest BCUT2D eigenvalue weighted by molar-refractivity contribution is 0.520. The SMILES string of the molecule is CN(C)S(=O)(=O)c1ccccc1N1CCC(CN)C1. The van der Waals surface area contributed by atoms with E-state index in [2.05, 4.69) is 4.90 Å². The van der Waals surface area contributed by atoms with Crippen LogP contribution in [0.4, 0.5) is 5.69 Å². The highest BCUT2D eigenvalue weighted by Gasteiger charge is 2.27. The molecular formula is C13H21N3O2S. The lowest BCUT2D eigenvalue weighted by atomic mass is 10.1. The first-order valence-corrected chi connectivity index (χ1v) is 7.87. The molecule has 1 aromatic rings. The molecule has 1 fully saturated rings. The number of nitrogens with two attached hydrogens (primary N) is 1. The van der Waals surface area contributed by atoms with Gasteiger partial charge in [0, 0.05) is 27.2 Å². The van der Waals surface area contributed by atoms with E-state index in [4.69, 9.17) is 5.73 Å². The average Bonchev–Trinajstić information content (AvgIpc) is 2.87. The summed E-state index contributed by atoms with van der Waals surface area (Å²) in [6.45, 7) is 2.34. The lowest BCUT2D eigenvalue weighted by Gasteiger charge is -2.23. The van der Waals surface area contributed by atoms with Crippen molar-refractivity contribution in [2.24, 2.45) is 11.7 Å². The van der Waals surface area contributed by atoms with Crippen molar-refractivity contribution in [3.05, 3.63) is 24.3 Å². The van der Waals surface area contributed by atoms with Gasteiger partial charge in [-0.05, 0) is 31.0 Å². The molecule has 6 heteroatoms. The first-order valence-electron chi connectivity index (χ1n) is 6.43. The van der Waals surface area contributed by atoms with Crippen molar-refractivity contribution in [1.29, 1.82) is 0 Å². The molecule has 2 N–H and O–H groups in total. The highest BCUT2D eigenvalue weighted by atomic mass is 32.2. The molecule has 1 unspecified atom stereocenters. The summed E-state index contributed by atoms with van der Waals surface area (Å²) in [4.78, 5) is 2.49. The molecule has 106 valence electrons. The maximum atomic E-state index is 12.3. The Bertz CT molecular complexity index is 543. The summed E-state index contributed by atoms with van der Waals surface area (Å²) in [5.74, 6) is 0.454. The molecule has 1 aliphatic rings. The summed E-state index contributed by atoms with van der Waals surface area (Å²) in [6, 6.07) is 7.17. The number of nitrogens with zero attached hydrogens (tertiary/aromatic N) is 2.